The van der Waals surface area contributed by atoms with E-state index in [1.807, 2.05) is 13.8 Å². The number of carboxylic acid groups (broad SMARTS) is 1. The van der Waals surface area contributed by atoms with E-state index in [0.29, 0.717) is 23.8 Å². The van der Waals surface area contributed by atoms with Crippen molar-refractivity contribution < 1.29 is 19.1 Å². The van der Waals surface area contributed by atoms with Crippen LogP contribution in [0.1, 0.15) is 30.7 Å². The molecule has 0 spiro atoms. The van der Waals surface area contributed by atoms with E-state index in [1.165, 1.54) is 16.7 Å². The summed E-state index contributed by atoms with van der Waals surface area (Å²) in [5.41, 5.74) is 0.783. The third-order valence-corrected chi connectivity index (χ3v) is 4.88. The second-order valence-electron chi connectivity index (χ2n) is 4.87. The molecule has 2 atom stereocenters. The number of oxazole rings is 1. The van der Waals surface area contributed by atoms with Gasteiger partial charge in [0.25, 0.3) is 0 Å². The van der Waals surface area contributed by atoms with E-state index in [9.17, 15) is 14.7 Å². The molecule has 0 aromatic carbocycles. The van der Waals surface area contributed by atoms with Gasteiger partial charge in [0.1, 0.15) is 11.8 Å². The van der Waals surface area contributed by atoms with Gasteiger partial charge in [0.15, 0.2) is 0 Å². The summed E-state index contributed by atoms with van der Waals surface area (Å²) in [5.74, 6) is 0.575. The molecule has 1 saturated heterocycles. The Labute approximate surface area is 127 Å². The summed E-state index contributed by atoms with van der Waals surface area (Å²) in [5, 5.41) is 11.8. The number of nitrogens with one attached hydrogen (secondary N) is 1. The van der Waals surface area contributed by atoms with Crippen LogP contribution < -0.4 is 5.32 Å². The fourth-order valence-corrected chi connectivity index (χ4v) is 3.54. The van der Waals surface area contributed by atoms with Gasteiger partial charge >= 0.3 is 12.0 Å². The molecule has 8 heteroatoms. The maximum atomic E-state index is 12.3. The van der Waals surface area contributed by atoms with Crippen LogP contribution in [0.15, 0.2) is 4.42 Å². The van der Waals surface area contributed by atoms with E-state index in [0.717, 1.165) is 5.69 Å². The predicted molar refractivity (Wildman–Crippen MR) is 78.0 cm³/mol. The molecule has 2 amide bonds. The summed E-state index contributed by atoms with van der Waals surface area (Å²) in [6.45, 7) is 5.72. The standard InChI is InChI=1S/C13H19N3O4S/c1-4-11-16(9(6-21-11)12(17)18)13(19)14-5-10-15-7(2)8(3)20-10/h9,11H,4-6H2,1-3H3,(H,14,19)(H,17,18). The van der Waals surface area contributed by atoms with Crippen LogP contribution in [-0.2, 0) is 11.3 Å². The van der Waals surface area contributed by atoms with Crippen LogP contribution in [-0.4, -0.2) is 44.2 Å². The topological polar surface area (TPSA) is 95.7 Å². The Bertz CT molecular complexity index is 526. The van der Waals surface area contributed by atoms with Gasteiger partial charge in [-0.15, -0.1) is 11.8 Å². The average Bonchev–Trinajstić information content (AvgIpc) is 3.00. The molecule has 1 aromatic rings. The number of amides is 2. The molecule has 116 valence electrons. The van der Waals surface area contributed by atoms with Gasteiger partial charge in [-0.2, -0.15) is 0 Å². The van der Waals surface area contributed by atoms with Gasteiger partial charge in [0, 0.05) is 5.75 Å². The predicted octanol–water partition coefficient (Wildman–Crippen LogP) is 1.74. The van der Waals surface area contributed by atoms with E-state index in [-0.39, 0.29) is 11.9 Å². The Kier molecular flexibility index (Phi) is 4.76. The monoisotopic (exact) mass is 313 g/mol. The van der Waals surface area contributed by atoms with Crippen LogP contribution in [0.2, 0.25) is 0 Å². The number of carbonyl (C=O) groups excluding carboxylic acids is 1. The van der Waals surface area contributed by atoms with E-state index < -0.39 is 18.0 Å². The van der Waals surface area contributed by atoms with Crippen molar-refractivity contribution >= 4 is 23.8 Å². The van der Waals surface area contributed by atoms with Crippen LogP contribution in [0.25, 0.3) is 0 Å². The molecule has 0 bridgehead atoms. The van der Waals surface area contributed by atoms with Crippen molar-refractivity contribution in [2.75, 3.05) is 5.75 Å². The number of nitrogens with zero attached hydrogens (tertiary/aromatic N) is 2. The molecule has 0 radical (unpaired) electrons. The Morgan fingerprint density at radius 3 is 2.76 bits per heavy atom. The second-order valence-corrected chi connectivity index (χ2v) is 6.08. The fourth-order valence-electron chi connectivity index (χ4n) is 2.20. The van der Waals surface area contributed by atoms with Gasteiger partial charge < -0.3 is 14.8 Å². The molecule has 2 heterocycles. The highest BCUT2D eigenvalue weighted by Gasteiger charge is 2.40. The summed E-state index contributed by atoms with van der Waals surface area (Å²) in [6, 6.07) is -1.18. The molecule has 7 nitrogen and oxygen atoms in total. The van der Waals surface area contributed by atoms with E-state index in [4.69, 9.17) is 4.42 Å². The smallest absolute Gasteiger partial charge is 0.327 e. The SMILES string of the molecule is CCC1SCC(C(=O)O)N1C(=O)NCc1nc(C)c(C)o1. The molecule has 0 saturated carbocycles. The fraction of sp³-hybridized carbons (Fsp3) is 0.615. The molecule has 1 aliphatic rings. The summed E-state index contributed by atoms with van der Waals surface area (Å²) in [4.78, 5) is 29.1. The van der Waals surface area contributed by atoms with Crippen molar-refractivity contribution in [3.63, 3.8) is 0 Å². The molecule has 1 aliphatic heterocycles. The van der Waals surface area contributed by atoms with Crippen molar-refractivity contribution in [2.24, 2.45) is 0 Å². The van der Waals surface area contributed by atoms with Crippen LogP contribution in [0, 0.1) is 13.8 Å². The lowest BCUT2D eigenvalue weighted by Crippen LogP contribution is -2.49. The highest BCUT2D eigenvalue weighted by Crippen LogP contribution is 2.31. The van der Waals surface area contributed by atoms with Crippen molar-refractivity contribution in [1.29, 1.82) is 0 Å². The largest absolute Gasteiger partial charge is 0.480 e. The summed E-state index contributed by atoms with van der Waals surface area (Å²) < 4.78 is 5.39. The third kappa shape index (κ3) is 3.31. The number of hydrogen-bond donors (Lipinski definition) is 2. The second kappa shape index (κ2) is 6.38. The lowest BCUT2D eigenvalue weighted by Gasteiger charge is -2.26. The molecule has 0 aliphatic carbocycles. The zero-order chi connectivity index (χ0) is 15.6. The summed E-state index contributed by atoms with van der Waals surface area (Å²) >= 11 is 1.49. The van der Waals surface area contributed by atoms with Crippen molar-refractivity contribution in [1.82, 2.24) is 15.2 Å². The van der Waals surface area contributed by atoms with E-state index in [2.05, 4.69) is 10.3 Å². The minimum atomic E-state index is -0.976. The first-order chi connectivity index (χ1) is 9.93. The van der Waals surface area contributed by atoms with Crippen LogP contribution in [0.5, 0.6) is 0 Å². The van der Waals surface area contributed by atoms with Gasteiger partial charge in [0.2, 0.25) is 5.89 Å². The average molecular weight is 313 g/mol. The number of aromatic nitrogens is 1. The zero-order valence-corrected chi connectivity index (χ0v) is 13.1. The van der Waals surface area contributed by atoms with Gasteiger partial charge in [-0.1, -0.05) is 6.92 Å². The first-order valence-corrected chi connectivity index (χ1v) is 7.82. The lowest BCUT2D eigenvalue weighted by molar-refractivity contribution is -0.141. The Balaban J connectivity index is 2.01. The third-order valence-electron chi connectivity index (χ3n) is 3.42. The number of rotatable bonds is 4. The van der Waals surface area contributed by atoms with Gasteiger partial charge in [-0.3, -0.25) is 4.90 Å². The summed E-state index contributed by atoms with van der Waals surface area (Å²) in [6.07, 6.45) is 0.707. The first kappa shape index (κ1) is 15.7. The molecule has 21 heavy (non-hydrogen) atoms. The molecule has 2 unspecified atom stereocenters. The number of thioether (sulfide) groups is 1. The molecule has 2 N–H and O–H groups in total. The van der Waals surface area contributed by atoms with Crippen molar-refractivity contribution in [2.45, 2.75) is 45.2 Å². The number of hydrogen-bond acceptors (Lipinski definition) is 5. The number of urea groups is 1. The zero-order valence-electron chi connectivity index (χ0n) is 12.3. The van der Waals surface area contributed by atoms with E-state index >= 15 is 0 Å². The number of carbonyl (C=O) groups is 2. The van der Waals surface area contributed by atoms with Gasteiger partial charge in [-0.05, 0) is 20.3 Å². The van der Waals surface area contributed by atoms with Crippen molar-refractivity contribution in [3.05, 3.63) is 17.3 Å². The number of carboxylic acids is 1. The maximum absolute atomic E-state index is 12.3. The maximum Gasteiger partial charge on any atom is 0.327 e. The normalized spacial score (nSPS) is 21.6. The Hall–Kier alpha value is -1.70. The van der Waals surface area contributed by atoms with E-state index in [1.54, 1.807) is 6.92 Å². The van der Waals surface area contributed by atoms with Crippen LogP contribution in [0.4, 0.5) is 4.79 Å². The molecule has 2 rings (SSSR count). The Morgan fingerprint density at radius 2 is 2.24 bits per heavy atom. The number of aryl methyl sites for hydroxylation is 2. The molecule has 1 fully saturated rings. The van der Waals surface area contributed by atoms with Gasteiger partial charge in [-0.25, -0.2) is 14.6 Å². The minimum absolute atomic E-state index is 0.112. The van der Waals surface area contributed by atoms with Crippen LogP contribution in [0.3, 0.4) is 0 Å². The summed E-state index contributed by atoms with van der Waals surface area (Å²) in [7, 11) is 0. The quantitative estimate of drug-likeness (QED) is 0.879. The molecular weight excluding hydrogens is 294 g/mol. The number of aliphatic carboxylic acids is 1. The molecular formula is C13H19N3O4S. The molecule has 1 aromatic heterocycles. The lowest BCUT2D eigenvalue weighted by atomic mass is 10.3. The van der Waals surface area contributed by atoms with Gasteiger partial charge in [0.05, 0.1) is 17.6 Å². The highest BCUT2D eigenvalue weighted by molar-refractivity contribution is 8.00. The first-order valence-electron chi connectivity index (χ1n) is 6.77. The van der Waals surface area contributed by atoms with Crippen LogP contribution >= 0.6 is 11.8 Å². The highest BCUT2D eigenvalue weighted by atomic mass is 32.2. The minimum Gasteiger partial charge on any atom is -0.480 e. The van der Waals surface area contributed by atoms with Crippen molar-refractivity contribution in [3.8, 4) is 0 Å². The Morgan fingerprint density at radius 1 is 1.52 bits per heavy atom.